The summed E-state index contributed by atoms with van der Waals surface area (Å²) in [6, 6.07) is 68.7. The van der Waals surface area contributed by atoms with Crippen LogP contribution in [0.15, 0.2) is 182 Å². The zero-order chi connectivity index (χ0) is 43.7. The van der Waals surface area contributed by atoms with Crippen molar-refractivity contribution in [1.82, 2.24) is 0 Å². The Kier molecular flexibility index (Phi) is 9.25. The molecule has 0 saturated heterocycles. The highest BCUT2D eigenvalue weighted by atomic mass is 15.1. The number of hydrogen-bond donors (Lipinski definition) is 0. The second-order valence-corrected chi connectivity index (χ2v) is 18.8. The fourth-order valence-corrected chi connectivity index (χ4v) is 11.3. The highest BCUT2D eigenvalue weighted by Crippen LogP contribution is 2.68. The van der Waals surface area contributed by atoms with Crippen molar-refractivity contribution in [3.8, 4) is 23.3 Å². The Balaban J connectivity index is 1.27. The van der Waals surface area contributed by atoms with Crippen molar-refractivity contribution in [3.05, 3.63) is 204 Å². The van der Waals surface area contributed by atoms with E-state index in [1.54, 1.807) is 0 Å². The molecule has 0 heterocycles. The summed E-state index contributed by atoms with van der Waals surface area (Å²) in [6.07, 6.45) is 0. The van der Waals surface area contributed by atoms with Crippen molar-refractivity contribution in [3.63, 3.8) is 0 Å². The zero-order valence-electron chi connectivity index (χ0n) is 36.6. The third-order valence-corrected chi connectivity index (χ3v) is 13.4. The van der Waals surface area contributed by atoms with Crippen molar-refractivity contribution in [1.29, 1.82) is 10.5 Å². The first-order valence-electron chi connectivity index (χ1n) is 21.7. The molecule has 1 aliphatic rings. The minimum absolute atomic E-state index is 0.240. The zero-order valence-corrected chi connectivity index (χ0v) is 36.6. The van der Waals surface area contributed by atoms with Crippen LogP contribution in [0, 0.1) is 33.5 Å². The van der Waals surface area contributed by atoms with Gasteiger partial charge in [0.05, 0.1) is 22.5 Å². The van der Waals surface area contributed by atoms with Crippen molar-refractivity contribution < 1.29 is 0 Å². The molecule has 0 N–H and O–H groups in total. The van der Waals surface area contributed by atoms with Crippen molar-refractivity contribution >= 4 is 66.4 Å². The number of nitriles is 2. The third kappa shape index (κ3) is 5.94. The second-order valence-electron chi connectivity index (χ2n) is 18.8. The number of benzene rings is 9. The molecule has 0 amide bonds. The van der Waals surface area contributed by atoms with Crippen molar-refractivity contribution in [2.45, 2.75) is 47.0 Å². The van der Waals surface area contributed by atoms with Crippen LogP contribution in [-0.4, -0.2) is 0 Å². The second kappa shape index (κ2) is 14.8. The Morgan fingerprint density at radius 2 is 0.873 bits per heavy atom. The van der Waals surface area contributed by atoms with Gasteiger partial charge >= 0.3 is 0 Å². The van der Waals surface area contributed by atoms with E-state index in [1.165, 1.54) is 49.2 Å². The van der Waals surface area contributed by atoms with Crippen molar-refractivity contribution in [2.75, 3.05) is 9.80 Å². The third-order valence-electron chi connectivity index (χ3n) is 13.4. The van der Waals surface area contributed by atoms with Gasteiger partial charge in [0.15, 0.2) is 0 Å². The number of hydrogen-bond acceptors (Lipinski definition) is 4. The molecule has 0 aliphatic heterocycles. The average Bonchev–Trinajstić information content (AvgIpc) is 3.64. The van der Waals surface area contributed by atoms with E-state index in [-0.39, 0.29) is 10.8 Å². The maximum atomic E-state index is 10.3. The van der Waals surface area contributed by atoms with Crippen LogP contribution in [-0.2, 0) is 5.41 Å². The van der Waals surface area contributed by atoms with Crippen LogP contribution in [0.25, 0.3) is 43.4 Å². The minimum atomic E-state index is -0.450. The molecule has 1 aliphatic carbocycles. The van der Waals surface area contributed by atoms with E-state index in [9.17, 15) is 10.5 Å². The van der Waals surface area contributed by atoms with E-state index in [0.717, 1.165) is 39.5 Å². The fraction of sp³-hybridized carbons (Fsp3) is 0.153. The first-order valence-corrected chi connectivity index (χ1v) is 21.7. The van der Waals surface area contributed by atoms with Crippen LogP contribution in [0.4, 0.5) is 34.1 Å². The van der Waals surface area contributed by atoms with Gasteiger partial charge in [-0.3, -0.25) is 0 Å². The summed E-state index contributed by atoms with van der Waals surface area (Å²) in [4.78, 5) is 4.42. The normalized spacial score (nSPS) is 13.0. The lowest BCUT2D eigenvalue weighted by Gasteiger charge is -2.54. The van der Waals surface area contributed by atoms with Gasteiger partial charge in [-0.05, 0) is 138 Å². The number of nitrogens with zero attached hydrogens (tertiary/aromatic N) is 4. The Hall–Kier alpha value is -7.66. The standard InChI is InChI=1S/C59H48N4/c1-57(2,3)59(58(4,5)6)55-46-33-30-44(62(42-21-9-7-10-22-42)52-27-17-13-19-40(52)37-60)35-39(46)29-32-50(55)54-48-26-16-15-25-47(48)51-36-45(31-34-49(51)56(54)59)63(43-23-11-8-12-24-43)53-28-18-14-20-41(53)38-61/h7-36H,1-6H3. The summed E-state index contributed by atoms with van der Waals surface area (Å²) in [6.45, 7) is 14.5. The van der Waals surface area contributed by atoms with Crippen LogP contribution in [0.3, 0.4) is 0 Å². The number of anilines is 6. The predicted octanol–water partition coefficient (Wildman–Crippen LogP) is 16.2. The molecule has 0 unspecified atom stereocenters. The molecule has 0 fully saturated rings. The molecule has 0 bridgehead atoms. The Bertz CT molecular complexity index is 3320. The van der Waals surface area contributed by atoms with Gasteiger partial charge in [0.1, 0.15) is 12.1 Å². The van der Waals surface area contributed by atoms with Crippen LogP contribution in [0.5, 0.6) is 0 Å². The predicted molar refractivity (Wildman–Crippen MR) is 263 cm³/mol. The molecule has 10 rings (SSSR count). The average molecular weight is 813 g/mol. The van der Waals surface area contributed by atoms with E-state index in [2.05, 4.69) is 173 Å². The molecule has 4 nitrogen and oxygen atoms in total. The number of fused-ring (bicyclic) bond motifs is 10. The van der Waals surface area contributed by atoms with E-state index < -0.39 is 5.41 Å². The molecule has 0 radical (unpaired) electrons. The first-order chi connectivity index (χ1) is 30.5. The molecular formula is C59H48N4. The Labute approximate surface area is 370 Å². The van der Waals surface area contributed by atoms with Crippen LogP contribution >= 0.6 is 0 Å². The van der Waals surface area contributed by atoms with Gasteiger partial charge in [-0.15, -0.1) is 0 Å². The fourth-order valence-electron chi connectivity index (χ4n) is 11.3. The first kappa shape index (κ1) is 39.5. The SMILES string of the molecule is CC(C)(C)C1(C(C)(C)C)c2c(ccc3cc(N(c4ccccc4)c4ccccc4C#N)ccc23)-c2c1c1ccc(N(c3ccccc3)c3ccccc3C#N)cc1c1ccccc21. The number of rotatable bonds is 6. The van der Waals surface area contributed by atoms with Gasteiger partial charge in [0, 0.05) is 28.2 Å². The number of para-hydroxylation sites is 4. The lowest BCUT2D eigenvalue weighted by molar-refractivity contribution is 0.0977. The maximum Gasteiger partial charge on any atom is 0.101 e. The Morgan fingerprint density at radius 3 is 1.41 bits per heavy atom. The van der Waals surface area contributed by atoms with Crippen molar-refractivity contribution in [2.24, 2.45) is 10.8 Å². The molecule has 0 spiro atoms. The molecule has 4 heteroatoms. The van der Waals surface area contributed by atoms with Gasteiger partial charge in [-0.1, -0.05) is 151 Å². The van der Waals surface area contributed by atoms with Gasteiger partial charge in [0.25, 0.3) is 0 Å². The molecule has 63 heavy (non-hydrogen) atoms. The smallest absolute Gasteiger partial charge is 0.101 e. The lowest BCUT2D eigenvalue weighted by atomic mass is 9.49. The molecular weight excluding hydrogens is 765 g/mol. The van der Waals surface area contributed by atoms with Crippen LogP contribution in [0.2, 0.25) is 0 Å². The summed E-state index contributed by atoms with van der Waals surface area (Å²) in [7, 11) is 0. The van der Waals surface area contributed by atoms with Gasteiger partial charge < -0.3 is 9.80 Å². The van der Waals surface area contributed by atoms with Gasteiger partial charge in [-0.25, -0.2) is 0 Å². The topological polar surface area (TPSA) is 54.1 Å². The molecule has 9 aromatic carbocycles. The van der Waals surface area contributed by atoms with E-state index in [1.807, 2.05) is 72.8 Å². The summed E-state index contributed by atoms with van der Waals surface area (Å²) >= 11 is 0. The van der Waals surface area contributed by atoms with Crippen LogP contribution in [0.1, 0.15) is 63.8 Å². The summed E-state index contributed by atoms with van der Waals surface area (Å²) in [5.41, 5.74) is 11.3. The van der Waals surface area contributed by atoms with E-state index in [4.69, 9.17) is 0 Å². The van der Waals surface area contributed by atoms with Gasteiger partial charge in [0.2, 0.25) is 0 Å². The molecule has 9 aromatic rings. The molecule has 0 saturated carbocycles. The lowest BCUT2D eigenvalue weighted by Crippen LogP contribution is -2.50. The molecule has 0 atom stereocenters. The summed E-state index contributed by atoms with van der Waals surface area (Å²) in [5.74, 6) is 0. The maximum absolute atomic E-state index is 10.3. The Morgan fingerprint density at radius 1 is 0.397 bits per heavy atom. The molecule has 0 aromatic heterocycles. The van der Waals surface area contributed by atoms with Gasteiger partial charge in [-0.2, -0.15) is 10.5 Å². The highest BCUT2D eigenvalue weighted by molar-refractivity contribution is 6.20. The largest absolute Gasteiger partial charge is 0.309 e. The van der Waals surface area contributed by atoms with E-state index in [0.29, 0.717) is 11.1 Å². The quantitative estimate of drug-likeness (QED) is 0.157. The van der Waals surface area contributed by atoms with E-state index >= 15 is 0 Å². The minimum Gasteiger partial charge on any atom is -0.309 e. The highest BCUT2D eigenvalue weighted by Gasteiger charge is 2.59. The molecule has 304 valence electrons. The summed E-state index contributed by atoms with van der Waals surface area (Å²) in [5, 5.41) is 27.8. The van der Waals surface area contributed by atoms with Crippen LogP contribution < -0.4 is 9.80 Å². The monoisotopic (exact) mass is 812 g/mol. The summed E-state index contributed by atoms with van der Waals surface area (Å²) < 4.78 is 0.